The number of hydrogen-bond donors (Lipinski definition) is 4. The Morgan fingerprint density at radius 1 is 1.10 bits per heavy atom. The van der Waals surface area contributed by atoms with Crippen molar-refractivity contribution in [2.75, 3.05) is 16.2 Å². The lowest BCUT2D eigenvalue weighted by molar-refractivity contribution is -0.114. The monoisotopic (exact) mass is 289 g/mol. The molecule has 1 amide bonds. The van der Waals surface area contributed by atoms with Gasteiger partial charge in [-0.25, -0.2) is 4.79 Å². The lowest BCUT2D eigenvalue weighted by Crippen LogP contribution is -2.33. The second-order valence-electron chi connectivity index (χ2n) is 4.39. The third-order valence-corrected chi connectivity index (χ3v) is 2.69. The molecule has 0 radical (unpaired) electrons. The Balaban J connectivity index is 2.05. The normalized spacial score (nSPS) is 10.0. The number of nitrogens with zero attached hydrogens (tertiary/aromatic N) is 1. The van der Waals surface area contributed by atoms with Crippen LogP contribution in [0.15, 0.2) is 39.9 Å². The van der Waals surface area contributed by atoms with Crippen molar-refractivity contribution in [3.05, 3.63) is 51.2 Å². The number of anilines is 3. The molecule has 1 heterocycles. The first kappa shape index (κ1) is 14.4. The lowest BCUT2D eigenvalue weighted by Gasteiger charge is -2.10. The van der Waals surface area contributed by atoms with Gasteiger partial charge in [0.15, 0.2) is 0 Å². The molecule has 1 aromatic heterocycles. The third-order valence-electron chi connectivity index (χ3n) is 2.69. The van der Waals surface area contributed by atoms with Crippen LogP contribution in [0.25, 0.3) is 0 Å². The molecule has 0 saturated heterocycles. The first-order chi connectivity index (χ1) is 9.95. The summed E-state index contributed by atoms with van der Waals surface area (Å²) < 4.78 is 0.966. The van der Waals surface area contributed by atoms with Crippen LogP contribution in [0.1, 0.15) is 6.92 Å². The second-order valence-corrected chi connectivity index (χ2v) is 4.39. The minimum atomic E-state index is -0.507. The van der Waals surface area contributed by atoms with E-state index >= 15 is 0 Å². The minimum Gasteiger partial charge on any atom is -0.326 e. The molecule has 0 atom stereocenters. The highest BCUT2D eigenvalue weighted by atomic mass is 16.2. The predicted octanol–water partition coefficient (Wildman–Crippen LogP) is 0.471. The Labute approximate surface area is 119 Å². The van der Waals surface area contributed by atoms with Gasteiger partial charge in [0.25, 0.3) is 5.56 Å². The molecule has 0 aliphatic heterocycles. The number of carbonyl (C=O) groups excluding carboxylic acids is 1. The van der Waals surface area contributed by atoms with Gasteiger partial charge in [-0.05, 0) is 24.3 Å². The topological polar surface area (TPSA) is 108 Å². The van der Waals surface area contributed by atoms with E-state index < -0.39 is 11.2 Å². The summed E-state index contributed by atoms with van der Waals surface area (Å²) in [6, 6.07) is 8.17. The highest BCUT2D eigenvalue weighted by Gasteiger charge is 2.00. The molecule has 0 spiro atoms. The van der Waals surface area contributed by atoms with Crippen LogP contribution in [-0.4, -0.2) is 15.5 Å². The number of hydrogen-bond acceptors (Lipinski definition) is 5. The van der Waals surface area contributed by atoms with Gasteiger partial charge in [-0.3, -0.25) is 30.0 Å². The lowest BCUT2D eigenvalue weighted by atomic mass is 10.3. The SMILES string of the molecule is CC(=O)Nc1ccc(NNc2cc(=O)n(C)c(=O)[nH]2)cc1. The molecule has 0 saturated carbocycles. The average molecular weight is 289 g/mol. The summed E-state index contributed by atoms with van der Waals surface area (Å²) in [5.41, 5.74) is 6.01. The molecule has 0 unspecified atom stereocenters. The van der Waals surface area contributed by atoms with E-state index in [-0.39, 0.29) is 11.7 Å². The Kier molecular flexibility index (Phi) is 4.07. The molecule has 2 aromatic rings. The van der Waals surface area contributed by atoms with Gasteiger partial charge >= 0.3 is 5.69 Å². The van der Waals surface area contributed by atoms with Gasteiger partial charge in [0.2, 0.25) is 5.91 Å². The van der Waals surface area contributed by atoms with Crippen LogP contribution < -0.4 is 27.4 Å². The molecule has 8 heteroatoms. The van der Waals surface area contributed by atoms with E-state index in [1.54, 1.807) is 24.3 Å². The summed E-state index contributed by atoms with van der Waals surface area (Å²) in [7, 11) is 1.39. The maximum Gasteiger partial charge on any atom is 0.329 e. The van der Waals surface area contributed by atoms with Crippen molar-refractivity contribution in [2.45, 2.75) is 6.92 Å². The fraction of sp³-hybridized carbons (Fsp3) is 0.154. The van der Waals surface area contributed by atoms with E-state index in [2.05, 4.69) is 21.2 Å². The van der Waals surface area contributed by atoms with Crippen molar-refractivity contribution in [3.8, 4) is 0 Å². The summed E-state index contributed by atoms with van der Waals surface area (Å²) >= 11 is 0. The third kappa shape index (κ3) is 3.72. The minimum absolute atomic E-state index is 0.147. The first-order valence-electron chi connectivity index (χ1n) is 6.16. The summed E-state index contributed by atoms with van der Waals surface area (Å²) in [6.07, 6.45) is 0. The summed E-state index contributed by atoms with van der Waals surface area (Å²) in [4.78, 5) is 36.3. The number of aromatic nitrogens is 2. The van der Waals surface area contributed by atoms with E-state index in [0.29, 0.717) is 11.4 Å². The van der Waals surface area contributed by atoms with Crippen molar-refractivity contribution >= 4 is 23.1 Å². The highest BCUT2D eigenvalue weighted by Crippen LogP contribution is 2.13. The van der Waals surface area contributed by atoms with Crippen molar-refractivity contribution in [2.24, 2.45) is 7.05 Å². The van der Waals surface area contributed by atoms with E-state index in [4.69, 9.17) is 0 Å². The number of aromatic amines is 1. The number of rotatable bonds is 4. The van der Waals surface area contributed by atoms with Crippen molar-refractivity contribution in [1.29, 1.82) is 0 Å². The van der Waals surface area contributed by atoms with Crippen LogP contribution >= 0.6 is 0 Å². The molecule has 110 valence electrons. The fourth-order valence-corrected chi connectivity index (χ4v) is 1.60. The van der Waals surface area contributed by atoms with E-state index in [1.165, 1.54) is 20.0 Å². The van der Waals surface area contributed by atoms with Gasteiger partial charge in [0.05, 0.1) is 5.69 Å². The number of hydrazine groups is 1. The number of nitrogens with one attached hydrogen (secondary N) is 4. The van der Waals surface area contributed by atoms with Gasteiger partial charge < -0.3 is 5.32 Å². The Morgan fingerprint density at radius 3 is 2.29 bits per heavy atom. The summed E-state index contributed by atoms with van der Waals surface area (Å²) in [5.74, 6) is 0.112. The Morgan fingerprint density at radius 2 is 1.71 bits per heavy atom. The zero-order valence-electron chi connectivity index (χ0n) is 11.6. The van der Waals surface area contributed by atoms with Gasteiger partial charge in [0, 0.05) is 25.7 Å². The molecule has 1 aromatic carbocycles. The quantitative estimate of drug-likeness (QED) is 0.612. The highest BCUT2D eigenvalue weighted by molar-refractivity contribution is 5.88. The van der Waals surface area contributed by atoms with Gasteiger partial charge in [-0.2, -0.15) is 0 Å². The molecule has 8 nitrogen and oxygen atoms in total. The van der Waals surface area contributed by atoms with Crippen molar-refractivity contribution in [1.82, 2.24) is 9.55 Å². The smallest absolute Gasteiger partial charge is 0.326 e. The number of amides is 1. The average Bonchev–Trinajstić information content (AvgIpc) is 2.43. The van der Waals surface area contributed by atoms with Crippen molar-refractivity contribution in [3.63, 3.8) is 0 Å². The van der Waals surface area contributed by atoms with E-state index in [9.17, 15) is 14.4 Å². The van der Waals surface area contributed by atoms with Crippen molar-refractivity contribution < 1.29 is 4.79 Å². The largest absolute Gasteiger partial charge is 0.329 e. The van der Waals surface area contributed by atoms with E-state index in [0.717, 1.165) is 4.57 Å². The van der Waals surface area contributed by atoms with Crippen LogP contribution in [0, 0.1) is 0 Å². The van der Waals surface area contributed by atoms with Gasteiger partial charge in [-0.1, -0.05) is 0 Å². The summed E-state index contributed by atoms with van der Waals surface area (Å²) in [5, 5.41) is 2.65. The van der Waals surface area contributed by atoms with Gasteiger partial charge in [-0.15, -0.1) is 0 Å². The fourth-order valence-electron chi connectivity index (χ4n) is 1.60. The molecule has 0 fully saturated rings. The molecule has 21 heavy (non-hydrogen) atoms. The molecular weight excluding hydrogens is 274 g/mol. The molecule has 2 rings (SSSR count). The number of benzene rings is 1. The van der Waals surface area contributed by atoms with Crippen LogP contribution in [0.2, 0.25) is 0 Å². The Bertz CT molecular complexity index is 729. The summed E-state index contributed by atoms with van der Waals surface area (Å²) in [6.45, 7) is 1.43. The molecule has 0 aliphatic carbocycles. The zero-order valence-corrected chi connectivity index (χ0v) is 11.6. The predicted molar refractivity (Wildman–Crippen MR) is 80.3 cm³/mol. The molecule has 0 bridgehead atoms. The van der Waals surface area contributed by atoms with Crippen LogP contribution in [0.5, 0.6) is 0 Å². The second kappa shape index (κ2) is 5.95. The van der Waals surface area contributed by atoms with E-state index in [1.807, 2.05) is 0 Å². The maximum atomic E-state index is 11.5. The molecule has 0 aliphatic rings. The Hall–Kier alpha value is -3.03. The van der Waals surface area contributed by atoms with Crippen LogP contribution in [0.4, 0.5) is 17.2 Å². The molecular formula is C13H15N5O3. The maximum absolute atomic E-state index is 11.5. The standard InChI is InChI=1S/C13H15N5O3/c1-8(19)14-9-3-5-10(6-4-9)16-17-11-7-12(20)18(2)13(21)15-11/h3-7,16-17H,1-2H3,(H,14,19)(H,15,21). The first-order valence-corrected chi connectivity index (χ1v) is 6.16. The number of carbonyl (C=O) groups is 1. The van der Waals surface area contributed by atoms with Crippen LogP contribution in [-0.2, 0) is 11.8 Å². The van der Waals surface area contributed by atoms with Crippen LogP contribution in [0.3, 0.4) is 0 Å². The zero-order chi connectivity index (χ0) is 15.4. The number of H-pyrrole nitrogens is 1. The molecule has 4 N–H and O–H groups in total. The van der Waals surface area contributed by atoms with Gasteiger partial charge in [0.1, 0.15) is 5.82 Å².